The van der Waals surface area contributed by atoms with Crippen molar-refractivity contribution in [2.45, 2.75) is 13.5 Å². The van der Waals surface area contributed by atoms with Gasteiger partial charge in [-0.3, -0.25) is 0 Å². The average Bonchev–Trinajstić information content (AvgIpc) is 3.46. The molecule has 0 bridgehead atoms. The summed E-state index contributed by atoms with van der Waals surface area (Å²) < 4.78 is 10.1. The lowest BCUT2D eigenvalue weighted by atomic mass is 10.1. The number of benzene rings is 2. The second-order valence-corrected chi connectivity index (χ2v) is 7.00. The molecule has 0 saturated heterocycles. The Morgan fingerprint density at radius 1 is 1.07 bits per heavy atom. The molecule has 3 heterocycles. The van der Waals surface area contributed by atoms with Crippen molar-refractivity contribution in [1.82, 2.24) is 34.6 Å². The van der Waals surface area contributed by atoms with Gasteiger partial charge in [0, 0.05) is 35.8 Å². The third-order valence-corrected chi connectivity index (χ3v) is 5.03. The number of aromatic amines is 1. The van der Waals surface area contributed by atoms with E-state index < -0.39 is 0 Å². The van der Waals surface area contributed by atoms with Crippen molar-refractivity contribution in [2.24, 2.45) is 7.05 Å². The lowest BCUT2D eigenvalue weighted by Crippen LogP contribution is -2.23. The third kappa shape index (κ3) is 3.06. The number of nitrogens with one attached hydrogen (secondary N) is 1. The fraction of sp³-hybridized carbons (Fsp3) is 0.143. The Morgan fingerprint density at radius 3 is 2.73 bits per heavy atom. The largest absolute Gasteiger partial charge is 0.472 e. The molecule has 0 saturated carbocycles. The number of nitrogens with zero attached hydrogens (tertiary/aromatic N) is 6. The Labute approximate surface area is 171 Å². The number of H-pyrrole nitrogens is 1. The fourth-order valence-corrected chi connectivity index (χ4v) is 3.38. The number of hydrogen-bond acceptors (Lipinski definition) is 5. The van der Waals surface area contributed by atoms with Gasteiger partial charge in [-0.05, 0) is 41.1 Å². The van der Waals surface area contributed by atoms with Crippen molar-refractivity contribution in [3.8, 4) is 17.4 Å². The summed E-state index contributed by atoms with van der Waals surface area (Å²) in [5.41, 5.74) is 3.21. The number of fused-ring (bicyclic) bond motifs is 1. The molecule has 0 atom stereocenters. The topological polar surface area (TPSA) is 95.5 Å². The van der Waals surface area contributed by atoms with Crippen molar-refractivity contribution in [3.63, 3.8) is 0 Å². The number of tetrazole rings is 1. The van der Waals surface area contributed by atoms with Crippen molar-refractivity contribution in [1.29, 1.82) is 0 Å². The summed E-state index contributed by atoms with van der Waals surface area (Å²) in [6.07, 6.45) is 1.84. The van der Waals surface area contributed by atoms with Gasteiger partial charge < -0.3 is 9.72 Å². The quantitative estimate of drug-likeness (QED) is 0.488. The summed E-state index contributed by atoms with van der Waals surface area (Å²) in [6.45, 7) is 2.21. The van der Waals surface area contributed by atoms with Gasteiger partial charge >= 0.3 is 5.69 Å². The minimum atomic E-state index is -0.315. The number of ether oxygens (including phenoxy) is 1. The van der Waals surface area contributed by atoms with Gasteiger partial charge in [0.15, 0.2) is 0 Å². The molecule has 5 aromatic rings. The molecule has 150 valence electrons. The van der Waals surface area contributed by atoms with E-state index in [1.54, 1.807) is 17.8 Å². The lowest BCUT2D eigenvalue weighted by Gasteiger charge is -2.11. The van der Waals surface area contributed by atoms with Crippen LogP contribution >= 0.6 is 0 Å². The molecule has 0 unspecified atom stereocenters. The molecule has 0 amide bonds. The number of para-hydroxylation sites is 1. The number of aromatic nitrogens is 7. The van der Waals surface area contributed by atoms with Gasteiger partial charge in [-0.25, -0.2) is 9.48 Å². The van der Waals surface area contributed by atoms with Crippen LogP contribution in [-0.2, 0) is 13.7 Å². The predicted molar refractivity (Wildman–Crippen MR) is 111 cm³/mol. The van der Waals surface area contributed by atoms with Gasteiger partial charge in [-0.15, -0.1) is 5.10 Å². The van der Waals surface area contributed by atoms with Crippen LogP contribution < -0.4 is 10.4 Å². The second kappa shape index (κ2) is 7.03. The first-order valence-corrected chi connectivity index (χ1v) is 9.44. The van der Waals surface area contributed by atoms with Crippen LogP contribution in [0.15, 0.2) is 65.6 Å². The molecule has 0 aliphatic carbocycles. The van der Waals surface area contributed by atoms with Crippen LogP contribution in [0.5, 0.6) is 5.88 Å². The maximum absolute atomic E-state index is 12.3. The smallest absolute Gasteiger partial charge is 0.368 e. The molecule has 0 aliphatic rings. The number of rotatable bonds is 5. The zero-order valence-corrected chi connectivity index (χ0v) is 16.5. The van der Waals surface area contributed by atoms with Gasteiger partial charge in [0.25, 0.3) is 0 Å². The summed E-state index contributed by atoms with van der Waals surface area (Å²) in [6, 6.07) is 17.6. The van der Waals surface area contributed by atoms with Crippen LogP contribution in [0.2, 0.25) is 0 Å². The Bertz CT molecular complexity index is 1370. The van der Waals surface area contributed by atoms with E-state index in [9.17, 15) is 4.79 Å². The highest BCUT2D eigenvalue weighted by molar-refractivity contribution is 5.81. The first-order valence-electron chi connectivity index (χ1n) is 9.44. The summed E-state index contributed by atoms with van der Waals surface area (Å²) in [4.78, 5) is 15.6. The van der Waals surface area contributed by atoms with E-state index in [4.69, 9.17) is 4.74 Å². The second-order valence-electron chi connectivity index (χ2n) is 7.00. The normalized spacial score (nSPS) is 11.3. The molecule has 0 fully saturated rings. The summed E-state index contributed by atoms with van der Waals surface area (Å²) in [5.74, 6) is 1.34. The molecule has 3 aromatic heterocycles. The van der Waals surface area contributed by atoms with Gasteiger partial charge in [0.1, 0.15) is 12.4 Å². The van der Waals surface area contributed by atoms with E-state index in [-0.39, 0.29) is 12.3 Å². The summed E-state index contributed by atoms with van der Waals surface area (Å²) >= 11 is 0. The Kier molecular flexibility index (Phi) is 4.20. The lowest BCUT2D eigenvalue weighted by molar-refractivity contribution is 0.290. The molecule has 1 N–H and O–H groups in total. The molecule has 0 aliphatic heterocycles. The monoisotopic (exact) mass is 401 g/mol. The van der Waals surface area contributed by atoms with Gasteiger partial charge in [0.2, 0.25) is 5.88 Å². The SMILES string of the molecule is Cc1cccc(-n2nnn(C)c2=O)c1COc1ccn(-c2cc3ccccc3[nH]2)n1. The fourth-order valence-electron chi connectivity index (χ4n) is 3.38. The zero-order chi connectivity index (χ0) is 20.7. The molecular weight excluding hydrogens is 382 g/mol. The summed E-state index contributed by atoms with van der Waals surface area (Å²) in [5, 5.41) is 13.4. The predicted octanol–water partition coefficient (Wildman–Crippen LogP) is 2.52. The van der Waals surface area contributed by atoms with Crippen molar-refractivity contribution in [2.75, 3.05) is 0 Å². The number of aryl methyl sites for hydroxylation is 2. The highest BCUT2D eigenvalue weighted by Crippen LogP contribution is 2.21. The Morgan fingerprint density at radius 2 is 1.93 bits per heavy atom. The molecule has 0 radical (unpaired) electrons. The van der Waals surface area contributed by atoms with E-state index >= 15 is 0 Å². The van der Waals surface area contributed by atoms with Crippen LogP contribution in [0.25, 0.3) is 22.4 Å². The first-order chi connectivity index (χ1) is 14.6. The number of hydrogen-bond donors (Lipinski definition) is 1. The van der Waals surface area contributed by atoms with Crippen LogP contribution in [0.1, 0.15) is 11.1 Å². The molecule has 0 spiro atoms. The van der Waals surface area contributed by atoms with E-state index in [2.05, 4.69) is 20.5 Å². The molecule has 5 rings (SSSR count). The van der Waals surface area contributed by atoms with E-state index in [1.807, 2.05) is 61.7 Å². The molecular formula is C21H19N7O2. The molecule has 9 nitrogen and oxygen atoms in total. The minimum Gasteiger partial charge on any atom is -0.472 e. The van der Waals surface area contributed by atoms with Crippen LogP contribution in [0.3, 0.4) is 0 Å². The average molecular weight is 401 g/mol. The van der Waals surface area contributed by atoms with Crippen molar-refractivity contribution >= 4 is 10.9 Å². The molecule has 2 aromatic carbocycles. The van der Waals surface area contributed by atoms with Crippen LogP contribution in [0, 0.1) is 6.92 Å². The van der Waals surface area contributed by atoms with E-state index in [0.717, 1.165) is 27.8 Å². The van der Waals surface area contributed by atoms with E-state index in [1.165, 1.54) is 9.36 Å². The minimum absolute atomic E-state index is 0.245. The Hall–Kier alpha value is -4.14. The third-order valence-electron chi connectivity index (χ3n) is 5.03. The van der Waals surface area contributed by atoms with Gasteiger partial charge in [0.05, 0.1) is 5.69 Å². The van der Waals surface area contributed by atoms with Crippen molar-refractivity contribution in [3.05, 3.63) is 82.4 Å². The zero-order valence-electron chi connectivity index (χ0n) is 16.5. The Balaban J connectivity index is 1.41. The molecule has 9 heteroatoms. The maximum atomic E-state index is 12.3. The molecule has 30 heavy (non-hydrogen) atoms. The first kappa shape index (κ1) is 17.9. The summed E-state index contributed by atoms with van der Waals surface area (Å²) in [7, 11) is 1.56. The van der Waals surface area contributed by atoms with Crippen LogP contribution in [0.4, 0.5) is 0 Å². The van der Waals surface area contributed by atoms with Gasteiger partial charge in [-0.2, -0.15) is 9.36 Å². The standard InChI is InChI=1S/C21H19N7O2/c1-14-6-5-9-18(28-21(29)26(2)24-25-28)16(14)13-30-20-10-11-27(23-20)19-12-15-7-3-4-8-17(15)22-19/h3-12,22H,13H2,1-2H3. The van der Waals surface area contributed by atoms with Crippen molar-refractivity contribution < 1.29 is 4.74 Å². The highest BCUT2D eigenvalue weighted by Gasteiger charge is 2.14. The van der Waals surface area contributed by atoms with E-state index in [0.29, 0.717) is 11.6 Å². The van der Waals surface area contributed by atoms with Crippen LogP contribution in [-0.4, -0.2) is 34.6 Å². The van der Waals surface area contributed by atoms with Gasteiger partial charge in [-0.1, -0.05) is 30.3 Å². The highest BCUT2D eigenvalue weighted by atomic mass is 16.5. The maximum Gasteiger partial charge on any atom is 0.368 e.